The van der Waals surface area contributed by atoms with Crippen molar-refractivity contribution >= 4 is 11.8 Å². The molecule has 0 fully saturated rings. The summed E-state index contributed by atoms with van der Waals surface area (Å²) in [7, 11) is 0. The van der Waals surface area contributed by atoms with E-state index in [1.807, 2.05) is 31.2 Å². The zero-order valence-electron chi connectivity index (χ0n) is 10.3. The van der Waals surface area contributed by atoms with E-state index in [2.05, 4.69) is 12.1 Å². The number of phenols is 1. The Morgan fingerprint density at radius 2 is 1.94 bits per heavy atom. The Morgan fingerprint density at radius 1 is 1.17 bits per heavy atom. The van der Waals surface area contributed by atoms with Gasteiger partial charge in [0.1, 0.15) is 5.75 Å². The molecule has 0 aromatic heterocycles. The second-order valence-corrected chi connectivity index (χ2v) is 5.37. The largest absolute Gasteiger partial charge is 0.508 e. The smallest absolute Gasteiger partial charge is 0.115 e. The highest BCUT2D eigenvalue weighted by Crippen LogP contribution is 2.26. The molecule has 0 aliphatic rings. The van der Waals surface area contributed by atoms with Gasteiger partial charge in [0.05, 0.1) is 0 Å². The molecule has 2 aromatic rings. The molecule has 94 valence electrons. The lowest BCUT2D eigenvalue weighted by molar-refractivity contribution is 0.475. The lowest BCUT2D eigenvalue weighted by Gasteiger charge is -2.08. The number of hydrogen-bond donors (Lipinski definition) is 2. The number of nitrogens with two attached hydrogens (primary N) is 1. The Bertz CT molecular complexity index is 525. The molecule has 3 heteroatoms. The Hall–Kier alpha value is -1.45. The highest BCUT2D eigenvalue weighted by Gasteiger charge is 2.02. The van der Waals surface area contributed by atoms with E-state index in [9.17, 15) is 5.11 Å². The molecule has 2 rings (SSSR count). The van der Waals surface area contributed by atoms with Crippen molar-refractivity contribution in [3.8, 4) is 5.75 Å². The molecular weight excluding hydrogens is 242 g/mol. The van der Waals surface area contributed by atoms with E-state index in [1.165, 1.54) is 4.90 Å². The van der Waals surface area contributed by atoms with Crippen LogP contribution in [-0.4, -0.2) is 5.11 Å². The van der Waals surface area contributed by atoms with Crippen molar-refractivity contribution in [1.82, 2.24) is 0 Å². The topological polar surface area (TPSA) is 46.2 Å². The first-order valence-electron chi connectivity index (χ1n) is 5.91. The van der Waals surface area contributed by atoms with E-state index in [0.717, 1.165) is 16.9 Å². The standard InChI is InChI=1S/C15H17NOS/c1-11(16)13-5-3-7-15(9-13)18-10-12-4-2-6-14(17)8-12/h2-9,11,17H,10,16H2,1H3. The van der Waals surface area contributed by atoms with E-state index >= 15 is 0 Å². The van der Waals surface area contributed by atoms with Gasteiger partial charge < -0.3 is 10.8 Å². The third-order valence-electron chi connectivity index (χ3n) is 2.70. The normalized spacial score (nSPS) is 12.3. The van der Waals surface area contributed by atoms with Gasteiger partial charge in [-0.1, -0.05) is 24.3 Å². The highest BCUT2D eigenvalue weighted by atomic mass is 32.2. The van der Waals surface area contributed by atoms with Crippen molar-refractivity contribution < 1.29 is 5.11 Å². The van der Waals surface area contributed by atoms with Crippen molar-refractivity contribution in [2.75, 3.05) is 0 Å². The molecule has 0 spiro atoms. The minimum absolute atomic E-state index is 0.0614. The number of thioether (sulfide) groups is 1. The Balaban J connectivity index is 2.04. The molecule has 2 aromatic carbocycles. The minimum atomic E-state index is 0.0614. The van der Waals surface area contributed by atoms with Crippen LogP contribution in [0.15, 0.2) is 53.4 Å². The monoisotopic (exact) mass is 259 g/mol. The van der Waals surface area contributed by atoms with E-state index < -0.39 is 0 Å². The molecule has 1 unspecified atom stereocenters. The fraction of sp³-hybridized carbons (Fsp3) is 0.200. The van der Waals surface area contributed by atoms with Gasteiger partial charge in [0.2, 0.25) is 0 Å². The molecule has 0 bridgehead atoms. The van der Waals surface area contributed by atoms with Crippen LogP contribution in [0.5, 0.6) is 5.75 Å². The molecule has 18 heavy (non-hydrogen) atoms. The maximum Gasteiger partial charge on any atom is 0.115 e. The Morgan fingerprint density at radius 3 is 2.67 bits per heavy atom. The van der Waals surface area contributed by atoms with Gasteiger partial charge in [-0.3, -0.25) is 0 Å². The lowest BCUT2D eigenvalue weighted by Crippen LogP contribution is -2.04. The summed E-state index contributed by atoms with van der Waals surface area (Å²) in [5, 5.41) is 9.40. The van der Waals surface area contributed by atoms with Gasteiger partial charge in [0, 0.05) is 16.7 Å². The molecule has 0 aliphatic carbocycles. The summed E-state index contributed by atoms with van der Waals surface area (Å²) < 4.78 is 0. The predicted octanol–water partition coefficient (Wildman–Crippen LogP) is 3.70. The summed E-state index contributed by atoms with van der Waals surface area (Å²) in [5.41, 5.74) is 8.13. The minimum Gasteiger partial charge on any atom is -0.508 e. The molecule has 0 heterocycles. The zero-order chi connectivity index (χ0) is 13.0. The highest BCUT2D eigenvalue weighted by molar-refractivity contribution is 7.98. The summed E-state index contributed by atoms with van der Waals surface area (Å²) in [6, 6.07) is 15.7. The van der Waals surface area contributed by atoms with Crippen molar-refractivity contribution in [3.63, 3.8) is 0 Å². The Labute approximate surface area is 112 Å². The van der Waals surface area contributed by atoms with Crippen LogP contribution in [0.2, 0.25) is 0 Å². The predicted molar refractivity (Wildman–Crippen MR) is 76.7 cm³/mol. The van der Waals surface area contributed by atoms with Crippen LogP contribution in [0.25, 0.3) is 0 Å². The van der Waals surface area contributed by atoms with Crippen molar-refractivity contribution in [3.05, 3.63) is 59.7 Å². The van der Waals surface area contributed by atoms with Crippen molar-refractivity contribution in [2.45, 2.75) is 23.6 Å². The first-order valence-corrected chi connectivity index (χ1v) is 6.90. The van der Waals surface area contributed by atoms with Crippen molar-refractivity contribution in [1.29, 1.82) is 0 Å². The van der Waals surface area contributed by atoms with E-state index in [1.54, 1.807) is 23.9 Å². The third kappa shape index (κ3) is 3.52. The number of aromatic hydroxyl groups is 1. The molecule has 2 nitrogen and oxygen atoms in total. The number of hydrogen-bond acceptors (Lipinski definition) is 3. The lowest BCUT2D eigenvalue weighted by atomic mass is 10.1. The van der Waals surface area contributed by atoms with Gasteiger partial charge >= 0.3 is 0 Å². The van der Waals surface area contributed by atoms with Gasteiger partial charge in [-0.15, -0.1) is 11.8 Å². The summed E-state index contributed by atoms with van der Waals surface area (Å²) in [5.74, 6) is 1.16. The average Bonchev–Trinajstić information content (AvgIpc) is 2.37. The summed E-state index contributed by atoms with van der Waals surface area (Å²) >= 11 is 1.75. The van der Waals surface area contributed by atoms with E-state index in [0.29, 0.717) is 5.75 Å². The van der Waals surface area contributed by atoms with Gasteiger partial charge in [-0.25, -0.2) is 0 Å². The molecule has 3 N–H and O–H groups in total. The fourth-order valence-corrected chi connectivity index (χ4v) is 2.61. The van der Waals surface area contributed by atoms with Crippen LogP contribution in [0.1, 0.15) is 24.1 Å². The van der Waals surface area contributed by atoms with Crippen LogP contribution in [0.4, 0.5) is 0 Å². The molecular formula is C15H17NOS. The number of benzene rings is 2. The average molecular weight is 259 g/mol. The molecule has 1 atom stereocenters. The van der Waals surface area contributed by atoms with Gasteiger partial charge in [0.25, 0.3) is 0 Å². The zero-order valence-corrected chi connectivity index (χ0v) is 11.2. The summed E-state index contributed by atoms with van der Waals surface area (Å²) in [4.78, 5) is 1.20. The molecule has 0 saturated carbocycles. The number of phenolic OH excluding ortho intramolecular Hbond substituents is 1. The fourth-order valence-electron chi connectivity index (χ4n) is 1.70. The second kappa shape index (κ2) is 5.94. The first kappa shape index (κ1) is 13.0. The number of rotatable bonds is 4. The van der Waals surface area contributed by atoms with E-state index in [-0.39, 0.29) is 6.04 Å². The molecule has 0 saturated heterocycles. The van der Waals surface area contributed by atoms with E-state index in [4.69, 9.17) is 5.73 Å². The van der Waals surface area contributed by atoms with Crippen LogP contribution in [0, 0.1) is 0 Å². The molecule has 0 aliphatic heterocycles. The van der Waals surface area contributed by atoms with Crippen LogP contribution in [-0.2, 0) is 5.75 Å². The third-order valence-corrected chi connectivity index (χ3v) is 3.76. The Kier molecular flexibility index (Phi) is 4.28. The summed E-state index contributed by atoms with van der Waals surface area (Å²) in [6.07, 6.45) is 0. The quantitative estimate of drug-likeness (QED) is 0.823. The van der Waals surface area contributed by atoms with Crippen LogP contribution >= 0.6 is 11.8 Å². The van der Waals surface area contributed by atoms with Crippen molar-refractivity contribution in [2.24, 2.45) is 5.73 Å². The van der Waals surface area contributed by atoms with Gasteiger partial charge in [0.15, 0.2) is 0 Å². The van der Waals surface area contributed by atoms with Gasteiger partial charge in [-0.05, 0) is 42.3 Å². The summed E-state index contributed by atoms with van der Waals surface area (Å²) in [6.45, 7) is 1.99. The molecule has 0 amide bonds. The maximum atomic E-state index is 9.40. The SMILES string of the molecule is CC(N)c1cccc(SCc2cccc(O)c2)c1. The molecule has 0 radical (unpaired) electrons. The first-order chi connectivity index (χ1) is 8.65. The maximum absolute atomic E-state index is 9.40. The van der Waals surface area contributed by atoms with Crippen LogP contribution in [0.3, 0.4) is 0 Å². The second-order valence-electron chi connectivity index (χ2n) is 4.32. The van der Waals surface area contributed by atoms with Gasteiger partial charge in [-0.2, -0.15) is 0 Å². The van der Waals surface area contributed by atoms with Crippen LogP contribution < -0.4 is 5.73 Å².